The smallest absolute Gasteiger partial charge is 0.325 e. The topological polar surface area (TPSA) is 108 Å². The first kappa shape index (κ1) is 30.6. The van der Waals surface area contributed by atoms with Crippen LogP contribution in [0.4, 0.5) is 4.39 Å². The van der Waals surface area contributed by atoms with Crippen molar-refractivity contribution in [3.8, 4) is 0 Å². The van der Waals surface area contributed by atoms with Crippen LogP contribution in [0.2, 0.25) is 5.04 Å². The molecular formula is C32H42FN3O5Si. The standard InChI is InChI=1S/C32H42FN3O5Si/c1-32(2,3)42(23-15-9-5-10-16-23,24-17-11-6-12-18-24)40-21-26-28(36(39)20-22-13-7-4-8-14-22)27(33)29(41-26)25-19-34-31(38)35-30(25)37/h5-6,9-12,15-19,22,26-29,39H,4,7-8,13-14,20-21H2,1-3H3,(H2,34,35,37,38)/t26-,27+,28-,29+/m1/s1. The zero-order chi connectivity index (χ0) is 29.9. The largest absolute Gasteiger partial charge is 0.405 e. The highest BCUT2D eigenvalue weighted by Crippen LogP contribution is 2.41. The van der Waals surface area contributed by atoms with E-state index in [0.717, 1.165) is 41.1 Å². The number of nitrogens with one attached hydrogen (secondary N) is 2. The van der Waals surface area contributed by atoms with Gasteiger partial charge in [0.05, 0.1) is 18.2 Å². The highest BCUT2D eigenvalue weighted by molar-refractivity contribution is 6.99. The van der Waals surface area contributed by atoms with Gasteiger partial charge in [0.25, 0.3) is 13.9 Å². The summed E-state index contributed by atoms with van der Waals surface area (Å²) in [5, 5.41) is 14.3. The van der Waals surface area contributed by atoms with E-state index in [1.165, 1.54) is 12.6 Å². The number of H-pyrrole nitrogens is 2. The summed E-state index contributed by atoms with van der Waals surface area (Å²) < 4.78 is 29.7. The van der Waals surface area contributed by atoms with Crippen molar-refractivity contribution in [3.63, 3.8) is 0 Å². The molecule has 2 aromatic carbocycles. The Morgan fingerprint density at radius 1 is 1.00 bits per heavy atom. The Bertz CT molecular complexity index is 1380. The maximum absolute atomic E-state index is 16.4. The van der Waals surface area contributed by atoms with E-state index in [9.17, 15) is 14.8 Å². The molecule has 0 radical (unpaired) electrons. The molecule has 0 amide bonds. The second kappa shape index (κ2) is 12.8. The number of rotatable bonds is 9. The lowest BCUT2D eigenvalue weighted by molar-refractivity contribution is -0.163. The van der Waals surface area contributed by atoms with E-state index in [1.807, 2.05) is 36.4 Å². The maximum Gasteiger partial charge on any atom is 0.325 e. The van der Waals surface area contributed by atoms with Crippen molar-refractivity contribution < 1.29 is 18.8 Å². The molecule has 1 aromatic heterocycles. The van der Waals surface area contributed by atoms with E-state index in [4.69, 9.17) is 9.16 Å². The molecule has 2 heterocycles. The summed E-state index contributed by atoms with van der Waals surface area (Å²) in [5.74, 6) is 0.254. The van der Waals surface area contributed by atoms with Crippen LogP contribution in [0.5, 0.6) is 0 Å². The lowest BCUT2D eigenvalue weighted by Gasteiger charge is -2.44. The van der Waals surface area contributed by atoms with Gasteiger partial charge in [-0.2, -0.15) is 5.06 Å². The van der Waals surface area contributed by atoms with Gasteiger partial charge in [-0.3, -0.25) is 9.78 Å². The molecule has 8 nitrogen and oxygen atoms in total. The predicted molar refractivity (Wildman–Crippen MR) is 163 cm³/mol. The highest BCUT2D eigenvalue weighted by atomic mass is 28.4. The molecule has 226 valence electrons. The maximum atomic E-state index is 16.4. The number of hydrogen-bond donors (Lipinski definition) is 3. The van der Waals surface area contributed by atoms with Gasteiger partial charge in [-0.15, -0.1) is 0 Å². The fraction of sp³-hybridized carbons (Fsp3) is 0.500. The van der Waals surface area contributed by atoms with Crippen LogP contribution in [0.1, 0.15) is 64.5 Å². The Morgan fingerprint density at radius 2 is 1.60 bits per heavy atom. The molecule has 1 aliphatic heterocycles. The molecule has 10 heteroatoms. The van der Waals surface area contributed by atoms with E-state index >= 15 is 4.39 Å². The fourth-order valence-corrected chi connectivity index (χ4v) is 11.4. The minimum Gasteiger partial charge on any atom is -0.405 e. The van der Waals surface area contributed by atoms with Gasteiger partial charge < -0.3 is 19.4 Å². The van der Waals surface area contributed by atoms with Crippen molar-refractivity contribution in [2.24, 2.45) is 5.92 Å². The third-order valence-corrected chi connectivity index (χ3v) is 13.9. The molecule has 1 aliphatic carbocycles. The van der Waals surface area contributed by atoms with Crippen LogP contribution in [0, 0.1) is 5.92 Å². The van der Waals surface area contributed by atoms with Gasteiger partial charge in [0.15, 0.2) is 6.17 Å². The minimum absolute atomic E-state index is 0.0118. The SMILES string of the molecule is CC(C)(C)[Si](OC[C@H]1O[C@@H](c2c[nH]c(=O)[nH]c2=O)[C@@H](F)[C@@H]1N(O)CC1CCCCC1)(c1ccccc1)c1ccccc1. The monoisotopic (exact) mass is 595 g/mol. The lowest BCUT2D eigenvalue weighted by Crippen LogP contribution is -2.67. The van der Waals surface area contributed by atoms with Crippen molar-refractivity contribution >= 4 is 18.7 Å². The van der Waals surface area contributed by atoms with Gasteiger partial charge in [-0.05, 0) is 34.2 Å². The van der Waals surface area contributed by atoms with Crippen molar-refractivity contribution in [3.05, 3.63) is 93.3 Å². The molecule has 0 bridgehead atoms. The molecule has 2 fully saturated rings. The van der Waals surface area contributed by atoms with Crippen molar-refractivity contribution in [1.82, 2.24) is 15.0 Å². The van der Waals surface area contributed by atoms with E-state index < -0.39 is 44.0 Å². The summed E-state index contributed by atoms with van der Waals surface area (Å²) in [6.45, 7) is 6.81. The van der Waals surface area contributed by atoms with Gasteiger partial charge in [0.2, 0.25) is 0 Å². The molecule has 0 unspecified atom stereocenters. The van der Waals surface area contributed by atoms with Gasteiger partial charge in [0.1, 0.15) is 12.2 Å². The van der Waals surface area contributed by atoms with Crippen molar-refractivity contribution in [1.29, 1.82) is 0 Å². The van der Waals surface area contributed by atoms with Crippen LogP contribution in [0.3, 0.4) is 0 Å². The van der Waals surface area contributed by atoms with Crippen molar-refractivity contribution in [2.45, 2.75) is 82.3 Å². The third kappa shape index (κ3) is 6.09. The summed E-state index contributed by atoms with van der Waals surface area (Å²) in [5.41, 5.74) is -1.41. The number of alkyl halides is 1. The number of aromatic nitrogens is 2. The van der Waals surface area contributed by atoms with E-state index in [2.05, 4.69) is 55.0 Å². The Labute approximate surface area is 247 Å². The zero-order valence-corrected chi connectivity index (χ0v) is 25.6. The van der Waals surface area contributed by atoms with Gasteiger partial charge in [0, 0.05) is 12.7 Å². The van der Waals surface area contributed by atoms with Crippen LogP contribution in [-0.2, 0) is 9.16 Å². The highest BCUT2D eigenvalue weighted by Gasteiger charge is 2.54. The summed E-state index contributed by atoms with van der Waals surface area (Å²) in [6, 6.07) is 19.2. The second-order valence-corrected chi connectivity index (χ2v) is 17.0. The van der Waals surface area contributed by atoms with E-state index in [1.54, 1.807) is 0 Å². The Morgan fingerprint density at radius 3 is 2.14 bits per heavy atom. The summed E-state index contributed by atoms with van der Waals surface area (Å²) >= 11 is 0. The van der Waals surface area contributed by atoms with E-state index in [0.29, 0.717) is 6.54 Å². The van der Waals surface area contributed by atoms with Crippen LogP contribution in [0.25, 0.3) is 0 Å². The van der Waals surface area contributed by atoms with Gasteiger partial charge in [-0.1, -0.05) is 101 Å². The Hall–Kier alpha value is -2.89. The number of halogens is 1. The van der Waals surface area contributed by atoms with Crippen LogP contribution >= 0.6 is 0 Å². The fourth-order valence-electron chi connectivity index (χ4n) is 6.82. The minimum atomic E-state index is -2.98. The molecule has 0 spiro atoms. The molecule has 2 aliphatic rings. The number of nitrogens with zero attached hydrogens (tertiary/aromatic N) is 1. The predicted octanol–water partition coefficient (Wildman–Crippen LogP) is 4.06. The van der Waals surface area contributed by atoms with Gasteiger partial charge in [-0.25, -0.2) is 9.18 Å². The number of aromatic amines is 2. The first-order valence-corrected chi connectivity index (χ1v) is 16.8. The van der Waals surface area contributed by atoms with Crippen molar-refractivity contribution in [2.75, 3.05) is 13.2 Å². The average molecular weight is 596 g/mol. The van der Waals surface area contributed by atoms with Crippen LogP contribution < -0.4 is 21.6 Å². The number of hydroxylamine groups is 2. The van der Waals surface area contributed by atoms with Gasteiger partial charge >= 0.3 is 5.69 Å². The average Bonchev–Trinajstić information content (AvgIpc) is 3.30. The molecule has 5 rings (SSSR count). The first-order valence-electron chi connectivity index (χ1n) is 14.9. The molecule has 42 heavy (non-hydrogen) atoms. The summed E-state index contributed by atoms with van der Waals surface area (Å²) in [4.78, 5) is 28.9. The summed E-state index contributed by atoms with van der Waals surface area (Å²) in [7, 11) is -2.98. The quantitative estimate of drug-likeness (QED) is 0.255. The summed E-state index contributed by atoms with van der Waals surface area (Å²) in [6.07, 6.45) is 2.65. The number of ether oxygens (including phenoxy) is 1. The molecule has 4 atom stereocenters. The Kier molecular flexibility index (Phi) is 9.29. The molecule has 3 N–H and O–H groups in total. The molecular weight excluding hydrogens is 553 g/mol. The molecule has 1 saturated heterocycles. The zero-order valence-electron chi connectivity index (χ0n) is 24.6. The molecule has 3 aromatic rings. The third-order valence-electron chi connectivity index (χ3n) is 8.87. The first-order chi connectivity index (χ1) is 20.1. The van der Waals surface area contributed by atoms with Crippen LogP contribution in [0.15, 0.2) is 76.4 Å². The lowest BCUT2D eigenvalue weighted by atomic mass is 9.88. The number of hydrogen-bond acceptors (Lipinski definition) is 6. The van der Waals surface area contributed by atoms with E-state index in [-0.39, 0.29) is 23.1 Å². The normalized spacial score (nSPS) is 23.9. The molecule has 1 saturated carbocycles. The second-order valence-electron chi connectivity index (χ2n) is 12.7. The number of benzene rings is 2. The Balaban J connectivity index is 1.51. The van der Waals surface area contributed by atoms with Crippen LogP contribution in [-0.4, -0.2) is 60.0 Å².